The van der Waals surface area contributed by atoms with Crippen LogP contribution in [0.2, 0.25) is 0 Å². The molecule has 0 N–H and O–H groups in total. The minimum atomic E-state index is -0.697. The number of rotatable bonds is 6. The molecule has 0 saturated heterocycles. The number of aromatic nitrogens is 1. The molecule has 0 fully saturated rings. The maximum atomic E-state index is 11.8. The van der Waals surface area contributed by atoms with Gasteiger partial charge in [-0.15, -0.1) is 11.3 Å². The van der Waals surface area contributed by atoms with Crippen molar-refractivity contribution in [3.63, 3.8) is 0 Å². The number of thiazole rings is 1. The van der Waals surface area contributed by atoms with Gasteiger partial charge in [-0.1, -0.05) is 0 Å². The van der Waals surface area contributed by atoms with Crippen LogP contribution in [0.3, 0.4) is 0 Å². The SMILES string of the molecule is CCOCc1nc(C(C)(C)C(=O)OCC)cs1. The zero-order chi connectivity index (χ0) is 12.9. The standard InChI is InChI=1S/C12H19NO3S/c1-5-15-7-10-13-9(8-17-10)12(3,4)11(14)16-6-2/h8H,5-7H2,1-4H3. The zero-order valence-corrected chi connectivity index (χ0v) is 11.6. The number of carbonyl (C=O) groups is 1. The molecule has 96 valence electrons. The number of nitrogens with zero attached hydrogens (tertiary/aromatic N) is 1. The topological polar surface area (TPSA) is 48.4 Å². The molecule has 1 heterocycles. The average molecular weight is 257 g/mol. The fourth-order valence-corrected chi connectivity index (χ4v) is 2.17. The van der Waals surface area contributed by atoms with E-state index >= 15 is 0 Å². The molecule has 0 aliphatic carbocycles. The van der Waals surface area contributed by atoms with E-state index in [-0.39, 0.29) is 5.97 Å². The van der Waals surface area contributed by atoms with Crippen LogP contribution in [0, 0.1) is 0 Å². The molecule has 0 aromatic carbocycles. The predicted molar refractivity (Wildman–Crippen MR) is 67.1 cm³/mol. The first-order valence-electron chi connectivity index (χ1n) is 5.72. The molecule has 0 unspecified atom stereocenters. The van der Waals surface area contributed by atoms with E-state index in [4.69, 9.17) is 9.47 Å². The molecule has 0 bridgehead atoms. The van der Waals surface area contributed by atoms with Crippen molar-refractivity contribution in [2.45, 2.75) is 39.7 Å². The van der Waals surface area contributed by atoms with Crippen molar-refractivity contribution in [3.05, 3.63) is 16.1 Å². The summed E-state index contributed by atoms with van der Waals surface area (Å²) in [5.41, 5.74) is 0.0485. The first-order chi connectivity index (χ1) is 8.02. The van der Waals surface area contributed by atoms with Gasteiger partial charge in [-0.3, -0.25) is 4.79 Å². The molecule has 0 aliphatic rings. The summed E-state index contributed by atoms with van der Waals surface area (Å²) in [5, 5.41) is 2.78. The molecule has 1 rings (SSSR count). The second-order valence-corrected chi connectivity index (χ2v) is 5.05. The molecule has 1 aromatic heterocycles. The summed E-state index contributed by atoms with van der Waals surface area (Å²) in [6, 6.07) is 0. The Balaban J connectivity index is 2.77. The van der Waals surface area contributed by atoms with Gasteiger partial charge in [-0.2, -0.15) is 0 Å². The lowest BCUT2D eigenvalue weighted by atomic mass is 9.90. The Morgan fingerprint density at radius 3 is 2.71 bits per heavy atom. The van der Waals surface area contributed by atoms with Gasteiger partial charge in [0.1, 0.15) is 10.4 Å². The molecule has 0 saturated carbocycles. The number of esters is 1. The van der Waals surface area contributed by atoms with Crippen LogP contribution >= 0.6 is 11.3 Å². The Morgan fingerprint density at radius 1 is 1.41 bits per heavy atom. The summed E-state index contributed by atoms with van der Waals surface area (Å²) in [6.07, 6.45) is 0. The van der Waals surface area contributed by atoms with Crippen LogP contribution in [-0.4, -0.2) is 24.2 Å². The van der Waals surface area contributed by atoms with Crippen molar-refractivity contribution in [2.75, 3.05) is 13.2 Å². The second-order valence-electron chi connectivity index (χ2n) is 4.11. The molecule has 1 aromatic rings. The number of hydrogen-bond donors (Lipinski definition) is 0. The largest absolute Gasteiger partial charge is 0.465 e. The number of ether oxygens (including phenoxy) is 2. The minimum Gasteiger partial charge on any atom is -0.465 e. The van der Waals surface area contributed by atoms with E-state index in [0.717, 1.165) is 10.7 Å². The van der Waals surface area contributed by atoms with E-state index in [2.05, 4.69) is 4.98 Å². The predicted octanol–water partition coefficient (Wildman–Crippen LogP) is 2.52. The van der Waals surface area contributed by atoms with Gasteiger partial charge in [0.2, 0.25) is 0 Å². The molecule has 5 heteroatoms. The Hall–Kier alpha value is -0.940. The third kappa shape index (κ3) is 3.51. The van der Waals surface area contributed by atoms with Gasteiger partial charge in [0.15, 0.2) is 0 Å². The molecule has 0 radical (unpaired) electrons. The lowest BCUT2D eigenvalue weighted by molar-refractivity contribution is -0.148. The molecule has 0 atom stereocenters. The van der Waals surface area contributed by atoms with Gasteiger partial charge < -0.3 is 9.47 Å². The Bertz CT molecular complexity index is 374. The third-order valence-electron chi connectivity index (χ3n) is 2.41. The smallest absolute Gasteiger partial charge is 0.317 e. The Morgan fingerprint density at radius 2 is 2.12 bits per heavy atom. The van der Waals surface area contributed by atoms with Crippen LogP contribution in [-0.2, 0) is 26.3 Å². The van der Waals surface area contributed by atoms with Gasteiger partial charge in [-0.05, 0) is 27.7 Å². The Labute approximate surface area is 106 Å². The second kappa shape index (κ2) is 6.12. The highest BCUT2D eigenvalue weighted by atomic mass is 32.1. The van der Waals surface area contributed by atoms with Crippen molar-refractivity contribution in [2.24, 2.45) is 0 Å². The highest BCUT2D eigenvalue weighted by molar-refractivity contribution is 7.09. The summed E-state index contributed by atoms with van der Waals surface area (Å²) >= 11 is 1.51. The molecular formula is C12H19NO3S. The van der Waals surface area contributed by atoms with E-state index < -0.39 is 5.41 Å². The van der Waals surface area contributed by atoms with Crippen molar-refractivity contribution in [3.8, 4) is 0 Å². The number of hydrogen-bond acceptors (Lipinski definition) is 5. The molecule has 0 amide bonds. The quantitative estimate of drug-likeness (QED) is 0.735. The normalized spacial score (nSPS) is 11.5. The van der Waals surface area contributed by atoms with Gasteiger partial charge >= 0.3 is 5.97 Å². The highest BCUT2D eigenvalue weighted by Gasteiger charge is 2.33. The summed E-state index contributed by atoms with van der Waals surface area (Å²) in [7, 11) is 0. The maximum Gasteiger partial charge on any atom is 0.317 e. The van der Waals surface area contributed by atoms with Gasteiger partial charge in [0, 0.05) is 12.0 Å². The van der Waals surface area contributed by atoms with E-state index in [0.29, 0.717) is 19.8 Å². The van der Waals surface area contributed by atoms with Crippen molar-refractivity contribution >= 4 is 17.3 Å². The zero-order valence-electron chi connectivity index (χ0n) is 10.8. The summed E-state index contributed by atoms with van der Waals surface area (Å²) < 4.78 is 10.3. The molecule has 4 nitrogen and oxygen atoms in total. The maximum absolute atomic E-state index is 11.8. The highest BCUT2D eigenvalue weighted by Crippen LogP contribution is 2.26. The fourth-order valence-electron chi connectivity index (χ4n) is 1.27. The van der Waals surface area contributed by atoms with Crippen LogP contribution in [0.1, 0.15) is 38.4 Å². The van der Waals surface area contributed by atoms with Crippen LogP contribution in [0.25, 0.3) is 0 Å². The van der Waals surface area contributed by atoms with Crippen molar-refractivity contribution in [1.29, 1.82) is 0 Å². The first-order valence-corrected chi connectivity index (χ1v) is 6.60. The van der Waals surface area contributed by atoms with E-state index in [9.17, 15) is 4.79 Å². The lowest BCUT2D eigenvalue weighted by Gasteiger charge is -2.19. The van der Waals surface area contributed by atoms with E-state index in [1.54, 1.807) is 6.92 Å². The Kier molecular flexibility index (Phi) is 5.08. The van der Waals surface area contributed by atoms with Crippen LogP contribution in [0.15, 0.2) is 5.38 Å². The van der Waals surface area contributed by atoms with E-state index in [1.165, 1.54) is 11.3 Å². The van der Waals surface area contributed by atoms with Crippen molar-refractivity contribution in [1.82, 2.24) is 4.98 Å². The van der Waals surface area contributed by atoms with E-state index in [1.807, 2.05) is 26.2 Å². The monoisotopic (exact) mass is 257 g/mol. The third-order valence-corrected chi connectivity index (χ3v) is 3.23. The molecular weight excluding hydrogens is 238 g/mol. The average Bonchev–Trinajstić information content (AvgIpc) is 2.75. The summed E-state index contributed by atoms with van der Waals surface area (Å²) in [5.74, 6) is -0.242. The lowest BCUT2D eigenvalue weighted by Crippen LogP contribution is -2.31. The van der Waals surface area contributed by atoms with Crippen LogP contribution < -0.4 is 0 Å². The van der Waals surface area contributed by atoms with Crippen molar-refractivity contribution < 1.29 is 14.3 Å². The number of carbonyl (C=O) groups excluding carboxylic acids is 1. The first kappa shape index (κ1) is 14.1. The van der Waals surface area contributed by atoms with Gasteiger partial charge in [0.05, 0.1) is 18.9 Å². The molecule has 17 heavy (non-hydrogen) atoms. The summed E-state index contributed by atoms with van der Waals surface area (Å²) in [4.78, 5) is 16.2. The molecule has 0 aliphatic heterocycles. The van der Waals surface area contributed by atoms with Gasteiger partial charge in [0.25, 0.3) is 0 Å². The van der Waals surface area contributed by atoms with Crippen LogP contribution in [0.4, 0.5) is 0 Å². The summed E-state index contributed by atoms with van der Waals surface area (Å²) in [6.45, 7) is 8.94. The van der Waals surface area contributed by atoms with Gasteiger partial charge in [-0.25, -0.2) is 4.98 Å². The minimum absolute atomic E-state index is 0.242. The van der Waals surface area contributed by atoms with Crippen LogP contribution in [0.5, 0.6) is 0 Å². The molecule has 0 spiro atoms. The fraction of sp³-hybridized carbons (Fsp3) is 0.667.